The molecule has 0 amide bonds. The molecule has 1 aromatic rings. The number of hydrogen-bond donors (Lipinski definition) is 3. The number of hydrogen-bond acceptors (Lipinski definition) is 8. The van der Waals surface area contributed by atoms with Crippen LogP contribution < -0.4 is 17.2 Å². The number of aromatic nitrogens is 2. The summed E-state index contributed by atoms with van der Waals surface area (Å²) in [6.45, 7) is 3.27. The van der Waals surface area contributed by atoms with E-state index >= 15 is 0 Å². The number of aliphatic hydroxyl groups is 1. The van der Waals surface area contributed by atoms with E-state index in [0.29, 0.717) is 0 Å². The zero-order chi connectivity index (χ0) is 17.1. The Labute approximate surface area is 133 Å². The van der Waals surface area contributed by atoms with E-state index in [9.17, 15) is 14.7 Å². The lowest BCUT2D eigenvalue weighted by molar-refractivity contribution is -0.155. The molecule has 1 saturated heterocycles. The molecule has 128 valence electrons. The molecular formula is C14H22N4O5. The minimum Gasteiger partial charge on any atom is -0.458 e. The number of esters is 1. The second-order valence-electron chi connectivity index (χ2n) is 5.83. The first-order chi connectivity index (χ1) is 10.8. The number of ether oxygens (including phenoxy) is 2. The van der Waals surface area contributed by atoms with E-state index in [-0.39, 0.29) is 24.8 Å². The van der Waals surface area contributed by atoms with Crippen molar-refractivity contribution in [3.8, 4) is 0 Å². The zero-order valence-corrected chi connectivity index (χ0v) is 13.1. The molecule has 0 spiro atoms. The topological polar surface area (TPSA) is 143 Å². The summed E-state index contributed by atoms with van der Waals surface area (Å²) in [5.41, 5.74) is 10.6. The van der Waals surface area contributed by atoms with Crippen LogP contribution in [0.3, 0.4) is 0 Å². The fourth-order valence-corrected chi connectivity index (χ4v) is 2.30. The van der Waals surface area contributed by atoms with Crippen LogP contribution in [0.2, 0.25) is 0 Å². The molecule has 4 unspecified atom stereocenters. The molecule has 5 N–H and O–H groups in total. The lowest BCUT2D eigenvalue weighted by Crippen LogP contribution is -2.41. The molecule has 9 heteroatoms. The maximum atomic E-state index is 12.0. The molecule has 1 aliphatic rings. The van der Waals surface area contributed by atoms with Crippen LogP contribution in [-0.2, 0) is 14.3 Å². The molecule has 4 atom stereocenters. The van der Waals surface area contributed by atoms with E-state index in [1.165, 1.54) is 16.8 Å². The first kappa shape index (κ1) is 17.4. The molecule has 9 nitrogen and oxygen atoms in total. The SMILES string of the molecule is CC(C)C(N)C(=O)OC1CC(n2ccc(N)nc2=O)OC1CO. The van der Waals surface area contributed by atoms with Crippen LogP contribution in [0.15, 0.2) is 17.1 Å². The van der Waals surface area contributed by atoms with Gasteiger partial charge in [0.2, 0.25) is 0 Å². The molecule has 1 fully saturated rings. The van der Waals surface area contributed by atoms with Gasteiger partial charge in [-0.1, -0.05) is 13.8 Å². The third kappa shape index (κ3) is 3.87. The molecule has 0 saturated carbocycles. The van der Waals surface area contributed by atoms with Gasteiger partial charge in [-0.3, -0.25) is 9.36 Å². The molecule has 2 heterocycles. The van der Waals surface area contributed by atoms with Gasteiger partial charge in [0.1, 0.15) is 30.3 Å². The summed E-state index contributed by atoms with van der Waals surface area (Å²) < 4.78 is 12.2. The first-order valence-electron chi connectivity index (χ1n) is 7.40. The van der Waals surface area contributed by atoms with Gasteiger partial charge in [0.25, 0.3) is 0 Å². The number of carbonyl (C=O) groups excluding carboxylic acids is 1. The Morgan fingerprint density at radius 2 is 2.30 bits per heavy atom. The normalized spacial score (nSPS) is 25.5. The Balaban J connectivity index is 2.11. The van der Waals surface area contributed by atoms with Crippen molar-refractivity contribution in [2.45, 2.75) is 44.7 Å². The highest BCUT2D eigenvalue weighted by molar-refractivity contribution is 5.76. The Bertz CT molecular complexity index is 617. The van der Waals surface area contributed by atoms with Gasteiger partial charge in [-0.25, -0.2) is 4.79 Å². The van der Waals surface area contributed by atoms with Gasteiger partial charge in [0.05, 0.1) is 6.61 Å². The van der Waals surface area contributed by atoms with Gasteiger partial charge in [0, 0.05) is 12.6 Å². The molecule has 23 heavy (non-hydrogen) atoms. The lowest BCUT2D eigenvalue weighted by atomic mass is 10.1. The molecule has 0 aromatic carbocycles. The lowest BCUT2D eigenvalue weighted by Gasteiger charge is -2.20. The average Bonchev–Trinajstić information content (AvgIpc) is 2.88. The van der Waals surface area contributed by atoms with E-state index in [0.717, 1.165) is 0 Å². The zero-order valence-electron chi connectivity index (χ0n) is 13.1. The highest BCUT2D eigenvalue weighted by atomic mass is 16.6. The van der Waals surface area contributed by atoms with Crippen molar-refractivity contribution in [2.75, 3.05) is 12.3 Å². The molecular weight excluding hydrogens is 304 g/mol. The van der Waals surface area contributed by atoms with Gasteiger partial charge in [-0.05, 0) is 12.0 Å². The van der Waals surface area contributed by atoms with Crippen molar-refractivity contribution in [1.29, 1.82) is 0 Å². The fraction of sp³-hybridized carbons (Fsp3) is 0.643. The highest BCUT2D eigenvalue weighted by Gasteiger charge is 2.39. The minimum atomic E-state index is -0.755. The quantitative estimate of drug-likeness (QED) is 0.585. The average molecular weight is 326 g/mol. The van der Waals surface area contributed by atoms with Crippen molar-refractivity contribution < 1.29 is 19.4 Å². The van der Waals surface area contributed by atoms with Crippen LogP contribution in [-0.4, -0.2) is 45.5 Å². The van der Waals surface area contributed by atoms with E-state index in [1.54, 1.807) is 0 Å². The predicted molar refractivity (Wildman–Crippen MR) is 81.2 cm³/mol. The second-order valence-corrected chi connectivity index (χ2v) is 5.83. The Morgan fingerprint density at radius 1 is 1.61 bits per heavy atom. The highest BCUT2D eigenvalue weighted by Crippen LogP contribution is 2.30. The van der Waals surface area contributed by atoms with Crippen molar-refractivity contribution in [1.82, 2.24) is 9.55 Å². The maximum Gasteiger partial charge on any atom is 0.351 e. The number of nitrogens with two attached hydrogens (primary N) is 2. The summed E-state index contributed by atoms with van der Waals surface area (Å²) in [7, 11) is 0. The smallest absolute Gasteiger partial charge is 0.351 e. The number of nitrogens with zero attached hydrogens (tertiary/aromatic N) is 2. The van der Waals surface area contributed by atoms with Crippen LogP contribution in [0.25, 0.3) is 0 Å². The molecule has 1 aromatic heterocycles. The standard InChI is InChI=1S/C14H22N4O5/c1-7(2)12(16)13(20)23-8-5-11(22-9(8)6-19)18-4-3-10(15)17-14(18)21/h3-4,7-9,11-12,19H,5-6,16H2,1-2H3,(H2,15,17,21). The van der Waals surface area contributed by atoms with Crippen LogP contribution in [0.1, 0.15) is 26.5 Å². The van der Waals surface area contributed by atoms with Gasteiger partial charge in [-0.15, -0.1) is 0 Å². The van der Waals surface area contributed by atoms with Crippen molar-refractivity contribution >= 4 is 11.8 Å². The van der Waals surface area contributed by atoms with Crippen LogP contribution in [0.5, 0.6) is 0 Å². The number of nitrogen functional groups attached to an aromatic ring is 1. The Morgan fingerprint density at radius 3 is 2.87 bits per heavy atom. The van der Waals surface area contributed by atoms with Crippen LogP contribution in [0, 0.1) is 5.92 Å². The molecule has 1 aliphatic heterocycles. The molecule has 0 aliphatic carbocycles. The van der Waals surface area contributed by atoms with E-state index in [2.05, 4.69) is 4.98 Å². The first-order valence-corrected chi connectivity index (χ1v) is 7.40. The Kier molecular flexibility index (Phi) is 5.34. The van der Waals surface area contributed by atoms with Crippen LogP contribution in [0.4, 0.5) is 5.82 Å². The monoisotopic (exact) mass is 326 g/mol. The summed E-state index contributed by atoms with van der Waals surface area (Å²) in [4.78, 5) is 27.4. The number of rotatable bonds is 5. The Hall–Kier alpha value is -1.97. The second kappa shape index (κ2) is 7.07. The molecule has 0 bridgehead atoms. The van der Waals surface area contributed by atoms with Gasteiger partial charge >= 0.3 is 11.7 Å². The van der Waals surface area contributed by atoms with Crippen molar-refractivity contribution in [2.24, 2.45) is 11.7 Å². The summed E-state index contributed by atoms with van der Waals surface area (Å²) in [6.07, 6.45) is -0.443. The largest absolute Gasteiger partial charge is 0.458 e. The van der Waals surface area contributed by atoms with Crippen molar-refractivity contribution in [3.63, 3.8) is 0 Å². The van der Waals surface area contributed by atoms with Crippen LogP contribution >= 0.6 is 0 Å². The number of anilines is 1. The van der Waals surface area contributed by atoms with E-state index in [4.69, 9.17) is 20.9 Å². The maximum absolute atomic E-state index is 12.0. The predicted octanol–water partition coefficient (Wildman–Crippen LogP) is -1.000. The fourth-order valence-electron chi connectivity index (χ4n) is 2.30. The summed E-state index contributed by atoms with van der Waals surface area (Å²) in [5, 5.41) is 9.40. The van der Waals surface area contributed by atoms with Gasteiger partial charge in [0.15, 0.2) is 0 Å². The van der Waals surface area contributed by atoms with Gasteiger partial charge in [-0.2, -0.15) is 4.98 Å². The number of carbonyl (C=O) groups is 1. The summed E-state index contributed by atoms with van der Waals surface area (Å²) >= 11 is 0. The summed E-state index contributed by atoms with van der Waals surface area (Å²) in [6, 6.07) is 0.710. The van der Waals surface area contributed by atoms with E-state index in [1.807, 2.05) is 13.8 Å². The van der Waals surface area contributed by atoms with Gasteiger partial charge < -0.3 is 26.0 Å². The van der Waals surface area contributed by atoms with E-state index < -0.39 is 36.1 Å². The molecule has 2 rings (SSSR count). The molecule has 0 radical (unpaired) electrons. The number of aliphatic hydroxyl groups excluding tert-OH is 1. The summed E-state index contributed by atoms with van der Waals surface area (Å²) in [5.74, 6) is -0.526. The minimum absolute atomic E-state index is 0.0721. The third-order valence-electron chi connectivity index (χ3n) is 3.78. The van der Waals surface area contributed by atoms with Crippen molar-refractivity contribution in [3.05, 3.63) is 22.7 Å². The third-order valence-corrected chi connectivity index (χ3v) is 3.78.